The minimum absolute atomic E-state index is 0.223. The van der Waals surface area contributed by atoms with Crippen molar-refractivity contribution in [3.8, 4) is 33.4 Å². The third-order valence-electron chi connectivity index (χ3n) is 12.4. The Labute approximate surface area is 336 Å². The Bertz CT molecular complexity index is 3440. The average molecular weight is 744 g/mol. The molecule has 0 saturated carbocycles. The van der Waals surface area contributed by atoms with Gasteiger partial charge in [-0.3, -0.25) is 0 Å². The second-order valence-electron chi connectivity index (χ2n) is 16.1. The standard InChI is InChI=1S/C55H37NO2/c1-55(2)47-21-8-5-15-39(47)42-18-12-23-49(53(42)55)56(38-28-25-34(26-29-38)37-27-30-51-45(32-37)41-17-7-10-24-50(41)57-51)48-22-9-6-16-40(48)43-19-11-20-44-46-31-35-13-3-4-14-36(35)33-52(46)58-54(43)44/h3-33H,1-2H3. The lowest BCUT2D eigenvalue weighted by molar-refractivity contribution is 0.660. The van der Waals surface area contributed by atoms with E-state index in [0.717, 1.165) is 83.2 Å². The molecule has 0 spiro atoms. The van der Waals surface area contributed by atoms with Crippen LogP contribution in [-0.4, -0.2) is 0 Å². The summed E-state index contributed by atoms with van der Waals surface area (Å²) in [5.41, 5.74) is 16.4. The zero-order valence-corrected chi connectivity index (χ0v) is 32.2. The van der Waals surface area contributed by atoms with Crippen molar-refractivity contribution in [1.82, 2.24) is 0 Å². The highest BCUT2D eigenvalue weighted by Gasteiger charge is 2.39. The molecule has 0 atom stereocenters. The molecule has 0 aliphatic heterocycles. The van der Waals surface area contributed by atoms with Gasteiger partial charge in [-0.15, -0.1) is 0 Å². The van der Waals surface area contributed by atoms with E-state index in [0.29, 0.717) is 0 Å². The minimum Gasteiger partial charge on any atom is -0.456 e. The van der Waals surface area contributed by atoms with Gasteiger partial charge in [0.05, 0.1) is 11.4 Å². The highest BCUT2D eigenvalue weighted by Crippen LogP contribution is 2.55. The van der Waals surface area contributed by atoms with Gasteiger partial charge in [0, 0.05) is 43.8 Å². The third-order valence-corrected chi connectivity index (χ3v) is 12.4. The van der Waals surface area contributed by atoms with Gasteiger partial charge in [-0.1, -0.05) is 147 Å². The maximum atomic E-state index is 6.83. The predicted octanol–water partition coefficient (Wildman–Crippen LogP) is 15.7. The molecule has 1 aliphatic carbocycles. The molecule has 2 heterocycles. The lowest BCUT2D eigenvalue weighted by Crippen LogP contribution is -2.21. The highest BCUT2D eigenvalue weighted by molar-refractivity contribution is 6.14. The van der Waals surface area contributed by atoms with Gasteiger partial charge in [-0.05, 0) is 98.8 Å². The van der Waals surface area contributed by atoms with Crippen LogP contribution in [0, 0.1) is 0 Å². The Kier molecular flexibility index (Phi) is 6.98. The molecular weight excluding hydrogens is 707 g/mol. The number of rotatable bonds is 5. The summed E-state index contributed by atoms with van der Waals surface area (Å²) in [5.74, 6) is 0. The van der Waals surface area contributed by atoms with Crippen LogP contribution < -0.4 is 4.90 Å². The van der Waals surface area contributed by atoms with Gasteiger partial charge in [-0.25, -0.2) is 0 Å². The predicted molar refractivity (Wildman–Crippen MR) is 242 cm³/mol. The first kappa shape index (κ1) is 32.8. The second kappa shape index (κ2) is 12.3. The van der Waals surface area contributed by atoms with E-state index in [1.807, 2.05) is 12.1 Å². The molecule has 0 fully saturated rings. The Morgan fingerprint density at radius 3 is 1.90 bits per heavy atom. The Balaban J connectivity index is 1.07. The van der Waals surface area contributed by atoms with E-state index in [1.165, 1.54) is 33.0 Å². The fourth-order valence-electron chi connectivity index (χ4n) is 9.71. The molecule has 0 radical (unpaired) electrons. The molecular formula is C55H37NO2. The van der Waals surface area contributed by atoms with Crippen LogP contribution in [0.1, 0.15) is 25.0 Å². The van der Waals surface area contributed by atoms with Crippen molar-refractivity contribution in [2.75, 3.05) is 4.90 Å². The zero-order valence-electron chi connectivity index (χ0n) is 32.2. The molecule has 3 heteroatoms. The fourth-order valence-corrected chi connectivity index (χ4v) is 9.71. The first-order valence-corrected chi connectivity index (χ1v) is 20.0. The number of fused-ring (bicyclic) bond motifs is 10. The number of para-hydroxylation sites is 3. The lowest BCUT2D eigenvalue weighted by atomic mass is 9.81. The topological polar surface area (TPSA) is 29.5 Å². The largest absolute Gasteiger partial charge is 0.456 e. The van der Waals surface area contributed by atoms with Gasteiger partial charge in [0.25, 0.3) is 0 Å². The van der Waals surface area contributed by atoms with Crippen LogP contribution in [0.4, 0.5) is 17.1 Å². The van der Waals surface area contributed by atoms with Crippen LogP contribution in [0.25, 0.3) is 88.0 Å². The number of hydrogen-bond donors (Lipinski definition) is 0. The Morgan fingerprint density at radius 1 is 0.397 bits per heavy atom. The van der Waals surface area contributed by atoms with Crippen molar-refractivity contribution in [2.45, 2.75) is 19.3 Å². The molecule has 9 aromatic carbocycles. The number of furan rings is 2. The fraction of sp³-hybridized carbons (Fsp3) is 0.0545. The van der Waals surface area contributed by atoms with Crippen LogP contribution in [0.15, 0.2) is 197 Å². The Hall–Kier alpha value is -7.36. The first-order valence-electron chi connectivity index (χ1n) is 20.0. The summed E-state index contributed by atoms with van der Waals surface area (Å²) in [7, 11) is 0. The second-order valence-corrected chi connectivity index (χ2v) is 16.1. The molecule has 274 valence electrons. The molecule has 2 aromatic heterocycles. The summed E-state index contributed by atoms with van der Waals surface area (Å²) in [6, 6.07) is 67.8. The molecule has 0 amide bonds. The van der Waals surface area contributed by atoms with Crippen molar-refractivity contribution < 1.29 is 8.83 Å². The number of nitrogens with zero attached hydrogens (tertiary/aromatic N) is 1. The van der Waals surface area contributed by atoms with E-state index in [1.54, 1.807) is 0 Å². The summed E-state index contributed by atoms with van der Waals surface area (Å²) < 4.78 is 13.0. The summed E-state index contributed by atoms with van der Waals surface area (Å²) in [5, 5.41) is 6.88. The van der Waals surface area contributed by atoms with E-state index in [9.17, 15) is 0 Å². The van der Waals surface area contributed by atoms with Gasteiger partial charge in [0.1, 0.15) is 22.3 Å². The molecule has 3 nitrogen and oxygen atoms in total. The SMILES string of the molecule is CC1(C)c2ccccc2-c2cccc(N(c3ccc(-c4ccc5oc6ccccc6c5c4)cc3)c3ccccc3-c3cccc4c3oc3cc5ccccc5cc34)c21. The van der Waals surface area contributed by atoms with E-state index < -0.39 is 0 Å². The third kappa shape index (κ3) is 4.80. The van der Waals surface area contributed by atoms with Gasteiger partial charge >= 0.3 is 0 Å². The lowest BCUT2D eigenvalue weighted by Gasteiger charge is -2.33. The zero-order chi connectivity index (χ0) is 38.5. The normalized spacial score (nSPS) is 13.1. The summed E-state index contributed by atoms with van der Waals surface area (Å²) in [4.78, 5) is 2.47. The molecule has 0 unspecified atom stereocenters. The summed E-state index contributed by atoms with van der Waals surface area (Å²) >= 11 is 0. The van der Waals surface area contributed by atoms with Crippen LogP contribution in [-0.2, 0) is 5.41 Å². The van der Waals surface area contributed by atoms with Crippen molar-refractivity contribution in [3.05, 3.63) is 199 Å². The molecule has 0 bridgehead atoms. The molecule has 58 heavy (non-hydrogen) atoms. The van der Waals surface area contributed by atoms with Gasteiger partial charge in [0.2, 0.25) is 0 Å². The molecule has 0 N–H and O–H groups in total. The average Bonchev–Trinajstić information content (AvgIpc) is 3.90. The van der Waals surface area contributed by atoms with E-state index in [-0.39, 0.29) is 5.41 Å². The van der Waals surface area contributed by atoms with Crippen molar-refractivity contribution in [1.29, 1.82) is 0 Å². The van der Waals surface area contributed by atoms with E-state index >= 15 is 0 Å². The van der Waals surface area contributed by atoms with Gasteiger partial charge in [0.15, 0.2) is 0 Å². The Morgan fingerprint density at radius 2 is 1.02 bits per heavy atom. The molecule has 0 saturated heterocycles. The number of anilines is 3. The first-order chi connectivity index (χ1) is 28.5. The maximum absolute atomic E-state index is 6.83. The number of benzene rings is 9. The molecule has 12 rings (SSSR count). The van der Waals surface area contributed by atoms with Crippen LogP contribution >= 0.6 is 0 Å². The maximum Gasteiger partial charge on any atom is 0.143 e. The van der Waals surface area contributed by atoms with Crippen LogP contribution in [0.3, 0.4) is 0 Å². The van der Waals surface area contributed by atoms with Crippen molar-refractivity contribution >= 4 is 71.7 Å². The van der Waals surface area contributed by atoms with Gasteiger partial charge in [-0.2, -0.15) is 0 Å². The quantitative estimate of drug-likeness (QED) is 0.176. The smallest absolute Gasteiger partial charge is 0.143 e. The van der Waals surface area contributed by atoms with E-state index in [4.69, 9.17) is 8.83 Å². The minimum atomic E-state index is -0.223. The number of hydrogen-bond acceptors (Lipinski definition) is 3. The van der Waals surface area contributed by atoms with E-state index in [2.05, 4.69) is 195 Å². The molecule has 11 aromatic rings. The highest BCUT2D eigenvalue weighted by atomic mass is 16.3. The van der Waals surface area contributed by atoms with Crippen molar-refractivity contribution in [3.63, 3.8) is 0 Å². The summed E-state index contributed by atoms with van der Waals surface area (Å²) in [6.07, 6.45) is 0. The van der Waals surface area contributed by atoms with Crippen LogP contribution in [0.2, 0.25) is 0 Å². The monoisotopic (exact) mass is 743 g/mol. The summed E-state index contributed by atoms with van der Waals surface area (Å²) in [6.45, 7) is 4.73. The van der Waals surface area contributed by atoms with Crippen molar-refractivity contribution in [2.24, 2.45) is 0 Å². The van der Waals surface area contributed by atoms with Crippen LogP contribution in [0.5, 0.6) is 0 Å². The molecule has 1 aliphatic rings. The van der Waals surface area contributed by atoms with Gasteiger partial charge < -0.3 is 13.7 Å².